The maximum absolute atomic E-state index is 13.6. The fourth-order valence-corrected chi connectivity index (χ4v) is 1.82. The van der Waals surface area contributed by atoms with Crippen molar-refractivity contribution < 1.29 is 9.13 Å². The molecule has 17 heavy (non-hydrogen) atoms. The first kappa shape index (κ1) is 14.4. The van der Waals surface area contributed by atoms with Gasteiger partial charge >= 0.3 is 0 Å². The minimum absolute atomic E-state index is 0.161. The number of halogens is 2. The summed E-state index contributed by atoms with van der Waals surface area (Å²) in [6.07, 6.45) is 0. The molecule has 0 aliphatic heterocycles. The largest absolute Gasteiger partial charge is 0.375 e. The molecule has 1 aromatic rings. The summed E-state index contributed by atoms with van der Waals surface area (Å²) >= 11 is 5.70. The van der Waals surface area contributed by atoms with Crippen molar-refractivity contribution in [2.24, 2.45) is 0 Å². The van der Waals surface area contributed by atoms with E-state index in [4.69, 9.17) is 16.3 Å². The molecule has 4 heteroatoms. The molecule has 0 radical (unpaired) electrons. The van der Waals surface area contributed by atoms with E-state index in [2.05, 4.69) is 5.32 Å². The smallest absolute Gasteiger partial charge is 0.146 e. The molecule has 0 aromatic heterocycles. The van der Waals surface area contributed by atoms with Crippen molar-refractivity contribution in [3.05, 3.63) is 34.6 Å². The number of hydrogen-bond acceptors (Lipinski definition) is 2. The second-order valence-corrected chi connectivity index (χ2v) is 4.92. The fraction of sp³-hybridized carbons (Fsp3) is 0.538. The highest BCUT2D eigenvalue weighted by Gasteiger charge is 2.17. The van der Waals surface area contributed by atoms with E-state index in [9.17, 15) is 4.39 Å². The summed E-state index contributed by atoms with van der Waals surface area (Å²) in [5, 5.41) is 3.33. The molecule has 1 rings (SSSR count). The van der Waals surface area contributed by atoms with Crippen LogP contribution in [0.5, 0.6) is 0 Å². The molecule has 0 bridgehead atoms. The molecule has 0 saturated carbocycles. The van der Waals surface area contributed by atoms with Crippen LogP contribution in [0, 0.1) is 5.82 Å². The Labute approximate surface area is 107 Å². The third-order valence-corrected chi connectivity index (χ3v) is 2.72. The molecule has 0 spiro atoms. The Morgan fingerprint density at radius 1 is 1.41 bits per heavy atom. The van der Waals surface area contributed by atoms with Crippen LogP contribution >= 0.6 is 11.6 Å². The second-order valence-electron chi connectivity index (χ2n) is 4.51. The van der Waals surface area contributed by atoms with E-state index >= 15 is 0 Å². The van der Waals surface area contributed by atoms with Crippen molar-refractivity contribution in [2.45, 2.75) is 32.9 Å². The van der Waals surface area contributed by atoms with Gasteiger partial charge in [0.25, 0.3) is 0 Å². The maximum atomic E-state index is 13.6. The molecular formula is C13H19ClFNO. The van der Waals surface area contributed by atoms with Gasteiger partial charge in [-0.3, -0.25) is 0 Å². The van der Waals surface area contributed by atoms with E-state index in [0.29, 0.717) is 25.3 Å². The number of benzene rings is 1. The van der Waals surface area contributed by atoms with Gasteiger partial charge in [0.15, 0.2) is 0 Å². The average molecular weight is 260 g/mol. The van der Waals surface area contributed by atoms with Gasteiger partial charge in [-0.2, -0.15) is 0 Å². The van der Waals surface area contributed by atoms with Gasteiger partial charge in [-0.25, -0.2) is 4.39 Å². The lowest BCUT2D eigenvalue weighted by Gasteiger charge is -2.25. The van der Waals surface area contributed by atoms with E-state index in [-0.39, 0.29) is 16.4 Å². The normalized spacial score (nSPS) is 11.8. The van der Waals surface area contributed by atoms with E-state index in [0.717, 1.165) is 0 Å². The highest BCUT2D eigenvalue weighted by atomic mass is 35.5. The number of ether oxygens (including phenoxy) is 1. The lowest BCUT2D eigenvalue weighted by molar-refractivity contribution is -0.00901. The Morgan fingerprint density at radius 3 is 2.76 bits per heavy atom. The molecule has 0 amide bonds. The van der Waals surface area contributed by atoms with Crippen molar-refractivity contribution >= 4 is 11.6 Å². The van der Waals surface area contributed by atoms with Crippen molar-refractivity contribution in [3.63, 3.8) is 0 Å². The first-order valence-electron chi connectivity index (χ1n) is 5.74. The zero-order valence-corrected chi connectivity index (χ0v) is 11.3. The summed E-state index contributed by atoms with van der Waals surface area (Å²) < 4.78 is 19.1. The van der Waals surface area contributed by atoms with Gasteiger partial charge in [0.1, 0.15) is 5.82 Å². The van der Waals surface area contributed by atoms with Crippen molar-refractivity contribution in [1.82, 2.24) is 5.32 Å². The Morgan fingerprint density at radius 2 is 2.12 bits per heavy atom. The molecule has 1 N–H and O–H groups in total. The van der Waals surface area contributed by atoms with Crippen LogP contribution < -0.4 is 5.32 Å². The minimum atomic E-state index is -0.351. The number of rotatable bonds is 6. The minimum Gasteiger partial charge on any atom is -0.375 e. The topological polar surface area (TPSA) is 21.3 Å². The van der Waals surface area contributed by atoms with E-state index in [1.54, 1.807) is 18.2 Å². The van der Waals surface area contributed by atoms with Crippen molar-refractivity contribution in [2.75, 3.05) is 13.2 Å². The summed E-state index contributed by atoms with van der Waals surface area (Å²) in [4.78, 5) is 0. The zero-order chi connectivity index (χ0) is 12.9. The van der Waals surface area contributed by atoms with Crippen LogP contribution in [0.4, 0.5) is 4.39 Å². The molecule has 2 nitrogen and oxygen atoms in total. The standard InChI is InChI=1S/C13H19ClFNO/c1-4-17-13(2,3)9-16-8-10-6-5-7-11(14)12(10)15/h5-7,16H,4,8-9H2,1-3H3. The summed E-state index contributed by atoms with van der Waals surface area (Å²) in [6, 6.07) is 5.02. The fourth-order valence-electron chi connectivity index (χ4n) is 1.62. The van der Waals surface area contributed by atoms with E-state index in [1.807, 2.05) is 20.8 Å². The Bertz CT molecular complexity index is 368. The third-order valence-electron chi connectivity index (χ3n) is 2.43. The highest BCUT2D eigenvalue weighted by molar-refractivity contribution is 6.30. The maximum Gasteiger partial charge on any atom is 0.146 e. The molecule has 0 aliphatic carbocycles. The lowest BCUT2D eigenvalue weighted by atomic mass is 10.1. The van der Waals surface area contributed by atoms with Gasteiger partial charge in [-0.05, 0) is 26.8 Å². The van der Waals surface area contributed by atoms with Crippen molar-refractivity contribution in [1.29, 1.82) is 0 Å². The van der Waals surface area contributed by atoms with Gasteiger partial charge in [-0.1, -0.05) is 23.7 Å². The molecule has 0 heterocycles. The molecule has 96 valence electrons. The van der Waals surface area contributed by atoms with Crippen LogP contribution in [0.3, 0.4) is 0 Å². The van der Waals surface area contributed by atoms with E-state index < -0.39 is 0 Å². The predicted octanol–water partition coefficient (Wildman–Crippen LogP) is 3.38. The number of hydrogen-bond donors (Lipinski definition) is 1. The van der Waals surface area contributed by atoms with Crippen LogP contribution in [0.2, 0.25) is 5.02 Å². The highest BCUT2D eigenvalue weighted by Crippen LogP contribution is 2.17. The molecule has 0 fully saturated rings. The molecule has 0 saturated heterocycles. The van der Waals surface area contributed by atoms with Crippen LogP contribution in [-0.2, 0) is 11.3 Å². The molecular weight excluding hydrogens is 241 g/mol. The summed E-state index contributed by atoms with van der Waals surface area (Å²) in [5.74, 6) is -0.351. The average Bonchev–Trinajstić information content (AvgIpc) is 2.24. The summed E-state index contributed by atoms with van der Waals surface area (Å²) in [5.41, 5.74) is 0.328. The zero-order valence-electron chi connectivity index (χ0n) is 10.5. The van der Waals surface area contributed by atoms with Crippen LogP contribution in [0.25, 0.3) is 0 Å². The molecule has 0 unspecified atom stereocenters. The van der Waals surface area contributed by atoms with Crippen molar-refractivity contribution in [3.8, 4) is 0 Å². The SMILES string of the molecule is CCOC(C)(C)CNCc1cccc(Cl)c1F. The van der Waals surface area contributed by atoms with Gasteiger partial charge in [0.05, 0.1) is 10.6 Å². The lowest BCUT2D eigenvalue weighted by Crippen LogP contribution is -2.37. The van der Waals surface area contributed by atoms with Gasteiger partial charge < -0.3 is 10.1 Å². The summed E-state index contributed by atoms with van der Waals surface area (Å²) in [7, 11) is 0. The first-order chi connectivity index (χ1) is 7.96. The molecule has 0 atom stereocenters. The second kappa shape index (κ2) is 6.34. The van der Waals surface area contributed by atoms with Gasteiger partial charge in [-0.15, -0.1) is 0 Å². The van der Waals surface area contributed by atoms with Gasteiger partial charge in [0.2, 0.25) is 0 Å². The Balaban J connectivity index is 2.49. The monoisotopic (exact) mass is 259 g/mol. The quantitative estimate of drug-likeness (QED) is 0.846. The summed E-state index contributed by atoms with van der Waals surface area (Å²) in [6.45, 7) is 7.73. The molecule has 0 aliphatic rings. The third kappa shape index (κ3) is 4.62. The Hall–Kier alpha value is -0.640. The van der Waals surface area contributed by atoms with Crippen LogP contribution in [0.1, 0.15) is 26.3 Å². The number of nitrogens with one attached hydrogen (secondary N) is 1. The predicted molar refractivity (Wildman–Crippen MR) is 68.8 cm³/mol. The first-order valence-corrected chi connectivity index (χ1v) is 6.11. The molecule has 1 aromatic carbocycles. The van der Waals surface area contributed by atoms with Crippen LogP contribution in [0.15, 0.2) is 18.2 Å². The van der Waals surface area contributed by atoms with E-state index in [1.165, 1.54) is 0 Å². The van der Waals surface area contributed by atoms with Gasteiger partial charge in [0, 0.05) is 25.3 Å². The van der Waals surface area contributed by atoms with Crippen LogP contribution in [-0.4, -0.2) is 18.8 Å². The Kier molecular flexibility index (Phi) is 5.37.